The molecule has 12 heteroatoms. The molecule has 0 aromatic carbocycles. The molecule has 0 saturated carbocycles. The normalized spacial score (nSPS) is 11.1. The summed E-state index contributed by atoms with van der Waals surface area (Å²) in [7, 11) is 0. The second-order valence-electron chi connectivity index (χ2n) is 5.50. The van der Waals surface area contributed by atoms with Crippen LogP contribution in [0.4, 0.5) is 0 Å². The zero-order chi connectivity index (χ0) is 22.8. The van der Waals surface area contributed by atoms with Crippen molar-refractivity contribution in [3.8, 4) is 0 Å². The van der Waals surface area contributed by atoms with Gasteiger partial charge in [-0.15, -0.1) is 0 Å². The standard InChI is InChI=1S/C18H21N3O9/c1-5-13(22)28-10-8-19-16(25)20(9-11-29-14(23)6-2)18(27)21(17(19)26)12(4)30-15(24)7-3/h5-7,12H,1-3,8-11H2,4H3. The summed E-state index contributed by atoms with van der Waals surface area (Å²) in [6.07, 6.45) is 1.24. The first-order valence-corrected chi connectivity index (χ1v) is 8.55. The lowest BCUT2D eigenvalue weighted by Crippen LogP contribution is -2.56. The zero-order valence-electron chi connectivity index (χ0n) is 16.3. The summed E-state index contributed by atoms with van der Waals surface area (Å²) in [6.45, 7) is 9.35. The van der Waals surface area contributed by atoms with Crippen molar-refractivity contribution in [3.05, 3.63) is 69.4 Å². The minimum absolute atomic E-state index is 0.371. The molecule has 0 saturated heterocycles. The van der Waals surface area contributed by atoms with Crippen LogP contribution in [-0.4, -0.2) is 44.8 Å². The van der Waals surface area contributed by atoms with Crippen molar-refractivity contribution in [2.24, 2.45) is 0 Å². The zero-order valence-corrected chi connectivity index (χ0v) is 16.3. The van der Waals surface area contributed by atoms with Crippen molar-refractivity contribution in [2.45, 2.75) is 26.2 Å². The fourth-order valence-electron chi connectivity index (χ4n) is 2.21. The highest BCUT2D eigenvalue weighted by atomic mass is 16.6. The molecular formula is C18H21N3O9. The summed E-state index contributed by atoms with van der Waals surface area (Å²) in [5.41, 5.74) is -3.22. The van der Waals surface area contributed by atoms with Gasteiger partial charge >= 0.3 is 35.0 Å². The molecule has 1 aromatic heterocycles. The van der Waals surface area contributed by atoms with Crippen LogP contribution < -0.4 is 17.1 Å². The number of esters is 3. The maximum absolute atomic E-state index is 12.7. The van der Waals surface area contributed by atoms with Crippen LogP contribution in [0.1, 0.15) is 13.2 Å². The van der Waals surface area contributed by atoms with Gasteiger partial charge in [0.2, 0.25) is 0 Å². The maximum atomic E-state index is 12.7. The van der Waals surface area contributed by atoms with Crippen LogP contribution in [0.5, 0.6) is 0 Å². The molecule has 162 valence electrons. The number of aromatic nitrogens is 3. The van der Waals surface area contributed by atoms with E-state index in [1.165, 1.54) is 6.92 Å². The molecule has 1 heterocycles. The van der Waals surface area contributed by atoms with Crippen LogP contribution >= 0.6 is 0 Å². The lowest BCUT2D eigenvalue weighted by Gasteiger charge is -2.18. The molecule has 30 heavy (non-hydrogen) atoms. The topological polar surface area (TPSA) is 145 Å². The van der Waals surface area contributed by atoms with Crippen LogP contribution in [-0.2, 0) is 41.7 Å². The number of ether oxygens (including phenoxy) is 3. The number of carbonyl (C=O) groups is 3. The van der Waals surface area contributed by atoms with Crippen molar-refractivity contribution in [1.29, 1.82) is 0 Å². The molecule has 0 amide bonds. The highest BCUT2D eigenvalue weighted by Gasteiger charge is 2.21. The van der Waals surface area contributed by atoms with Gasteiger partial charge in [-0.3, -0.25) is 0 Å². The summed E-state index contributed by atoms with van der Waals surface area (Å²) in [5, 5.41) is 0. The van der Waals surface area contributed by atoms with Gasteiger partial charge in [-0.05, 0) is 6.92 Å². The quantitative estimate of drug-likeness (QED) is 0.245. The minimum atomic E-state index is -1.39. The lowest BCUT2D eigenvalue weighted by atomic mass is 10.5. The summed E-state index contributed by atoms with van der Waals surface area (Å²) in [5.74, 6) is -2.46. The van der Waals surface area contributed by atoms with E-state index in [9.17, 15) is 28.8 Å². The molecule has 0 aliphatic carbocycles. The third kappa shape index (κ3) is 6.02. The first-order valence-electron chi connectivity index (χ1n) is 8.55. The summed E-state index contributed by atoms with van der Waals surface area (Å²) in [4.78, 5) is 71.8. The second-order valence-corrected chi connectivity index (χ2v) is 5.50. The fourth-order valence-corrected chi connectivity index (χ4v) is 2.21. The molecule has 0 fully saturated rings. The van der Waals surface area contributed by atoms with Gasteiger partial charge < -0.3 is 14.2 Å². The molecule has 0 aliphatic rings. The Hall–Kier alpha value is -3.96. The van der Waals surface area contributed by atoms with Gasteiger partial charge in [-0.25, -0.2) is 42.5 Å². The van der Waals surface area contributed by atoms with Crippen LogP contribution in [0.25, 0.3) is 0 Å². The van der Waals surface area contributed by atoms with Gasteiger partial charge in [0.15, 0.2) is 6.23 Å². The fraction of sp³-hybridized carbons (Fsp3) is 0.333. The van der Waals surface area contributed by atoms with E-state index >= 15 is 0 Å². The van der Waals surface area contributed by atoms with E-state index in [2.05, 4.69) is 19.7 Å². The molecular weight excluding hydrogens is 402 g/mol. The van der Waals surface area contributed by atoms with Crippen molar-refractivity contribution >= 4 is 17.9 Å². The average molecular weight is 423 g/mol. The number of hydrogen-bond donors (Lipinski definition) is 0. The smallest absolute Gasteiger partial charge is 0.339 e. The Balaban J connectivity index is 3.41. The predicted molar refractivity (Wildman–Crippen MR) is 103 cm³/mol. The molecule has 0 spiro atoms. The van der Waals surface area contributed by atoms with Crippen molar-refractivity contribution in [2.75, 3.05) is 13.2 Å². The molecule has 1 unspecified atom stereocenters. The van der Waals surface area contributed by atoms with Crippen molar-refractivity contribution < 1.29 is 28.6 Å². The SMILES string of the molecule is C=CC(=O)OCCn1c(=O)n(CCOC(=O)C=C)c(=O)n(C(C)OC(=O)C=C)c1=O. The molecule has 1 atom stereocenters. The van der Waals surface area contributed by atoms with Crippen LogP contribution in [0.15, 0.2) is 52.3 Å². The Kier molecular flexibility index (Phi) is 8.94. The van der Waals surface area contributed by atoms with Gasteiger partial charge in [-0.1, -0.05) is 19.7 Å². The van der Waals surface area contributed by atoms with Crippen LogP contribution in [0.2, 0.25) is 0 Å². The molecule has 0 aliphatic heterocycles. The molecule has 0 radical (unpaired) electrons. The van der Waals surface area contributed by atoms with E-state index in [-0.39, 0.29) is 13.2 Å². The highest BCUT2D eigenvalue weighted by Crippen LogP contribution is 2.01. The van der Waals surface area contributed by atoms with Gasteiger partial charge in [0, 0.05) is 18.2 Å². The minimum Gasteiger partial charge on any atom is -0.461 e. The number of carbonyl (C=O) groups excluding carboxylic acids is 3. The predicted octanol–water partition coefficient (Wildman–Crippen LogP) is -1.12. The largest absolute Gasteiger partial charge is 0.461 e. The molecule has 0 N–H and O–H groups in total. The highest BCUT2D eigenvalue weighted by molar-refractivity contribution is 5.81. The lowest BCUT2D eigenvalue weighted by molar-refractivity contribution is -0.147. The monoisotopic (exact) mass is 423 g/mol. The Morgan fingerprint density at radius 1 is 0.800 bits per heavy atom. The van der Waals surface area contributed by atoms with Gasteiger partial charge in [0.1, 0.15) is 13.2 Å². The number of hydrogen-bond acceptors (Lipinski definition) is 9. The van der Waals surface area contributed by atoms with Gasteiger partial charge in [-0.2, -0.15) is 0 Å². The first kappa shape index (κ1) is 24.1. The van der Waals surface area contributed by atoms with Crippen molar-refractivity contribution in [3.63, 3.8) is 0 Å². The molecule has 0 bridgehead atoms. The van der Waals surface area contributed by atoms with E-state index in [4.69, 9.17) is 14.2 Å². The van der Waals surface area contributed by atoms with Gasteiger partial charge in [0.05, 0.1) is 13.1 Å². The van der Waals surface area contributed by atoms with E-state index in [0.717, 1.165) is 18.2 Å². The van der Waals surface area contributed by atoms with Crippen LogP contribution in [0.3, 0.4) is 0 Å². The van der Waals surface area contributed by atoms with E-state index in [1.807, 2.05) is 0 Å². The van der Waals surface area contributed by atoms with Gasteiger partial charge in [0.25, 0.3) is 0 Å². The second kappa shape index (κ2) is 11.1. The van der Waals surface area contributed by atoms with E-state index < -0.39 is 54.3 Å². The average Bonchev–Trinajstić information content (AvgIpc) is 2.72. The first-order chi connectivity index (χ1) is 14.2. The van der Waals surface area contributed by atoms with Crippen molar-refractivity contribution in [1.82, 2.24) is 13.7 Å². The Labute approximate surface area is 169 Å². The third-order valence-corrected chi connectivity index (χ3v) is 3.60. The van der Waals surface area contributed by atoms with E-state index in [0.29, 0.717) is 13.7 Å². The Bertz CT molecular complexity index is 965. The number of rotatable bonds is 11. The summed E-state index contributed by atoms with van der Waals surface area (Å²) in [6, 6.07) is 0. The molecule has 1 rings (SSSR count). The number of nitrogens with zero attached hydrogens (tertiary/aromatic N) is 3. The Morgan fingerprint density at radius 2 is 1.20 bits per heavy atom. The summed E-state index contributed by atoms with van der Waals surface area (Å²) >= 11 is 0. The molecule has 12 nitrogen and oxygen atoms in total. The van der Waals surface area contributed by atoms with E-state index in [1.54, 1.807) is 0 Å². The van der Waals surface area contributed by atoms with Crippen LogP contribution in [0, 0.1) is 0 Å². The Morgan fingerprint density at radius 3 is 1.57 bits per heavy atom. The maximum Gasteiger partial charge on any atom is 0.339 e. The molecule has 1 aromatic rings. The third-order valence-electron chi connectivity index (χ3n) is 3.60. The summed E-state index contributed by atoms with van der Waals surface area (Å²) < 4.78 is 16.2.